The number of nitrogens with one attached hydrogen (secondary N) is 1. The lowest BCUT2D eigenvalue weighted by atomic mass is 10.1. The smallest absolute Gasteiger partial charge is 0.239 e. The zero-order valence-corrected chi connectivity index (χ0v) is 13.7. The number of hydrogen-bond acceptors (Lipinski definition) is 3. The number of nitrogens with zero attached hydrogens (tertiary/aromatic N) is 1. The first-order valence-electron chi connectivity index (χ1n) is 7.53. The second-order valence-electron chi connectivity index (χ2n) is 5.26. The van der Waals surface area contributed by atoms with Gasteiger partial charge in [0.05, 0.1) is 12.6 Å². The number of carbonyl (C=O) groups is 1. The van der Waals surface area contributed by atoms with Crippen molar-refractivity contribution in [2.24, 2.45) is 0 Å². The van der Waals surface area contributed by atoms with E-state index >= 15 is 0 Å². The van der Waals surface area contributed by atoms with Gasteiger partial charge in [-0.1, -0.05) is 11.6 Å². The van der Waals surface area contributed by atoms with Gasteiger partial charge < -0.3 is 15.0 Å². The molecule has 5 heteroatoms. The molecular weight excluding hydrogens is 288 g/mol. The summed E-state index contributed by atoms with van der Waals surface area (Å²) in [4.78, 5) is 14.1. The topological polar surface area (TPSA) is 41.6 Å². The average Bonchev–Trinajstić information content (AvgIpc) is 2.93. The van der Waals surface area contributed by atoms with Gasteiger partial charge in [-0.2, -0.15) is 0 Å². The summed E-state index contributed by atoms with van der Waals surface area (Å²) >= 11 is 6.14. The van der Waals surface area contributed by atoms with Gasteiger partial charge in [-0.3, -0.25) is 4.79 Å². The molecule has 1 amide bonds. The number of hydrogen-bond donors (Lipinski definition) is 1. The number of carbonyl (C=O) groups excluding carboxylic acids is 1. The SMILES string of the molecule is CCN(CC)C(=O)C(C)NCc1cc(Cl)cc2c1OCC2. The van der Waals surface area contributed by atoms with Crippen molar-refractivity contribution in [3.8, 4) is 5.75 Å². The van der Waals surface area contributed by atoms with Crippen molar-refractivity contribution in [3.05, 3.63) is 28.3 Å². The zero-order valence-electron chi connectivity index (χ0n) is 12.9. The summed E-state index contributed by atoms with van der Waals surface area (Å²) in [5, 5.41) is 4.00. The molecule has 4 nitrogen and oxygen atoms in total. The summed E-state index contributed by atoms with van der Waals surface area (Å²) in [5.41, 5.74) is 2.18. The number of benzene rings is 1. The first kappa shape index (κ1) is 16.1. The van der Waals surface area contributed by atoms with Crippen LogP contribution in [0.15, 0.2) is 12.1 Å². The zero-order chi connectivity index (χ0) is 15.4. The molecule has 1 aromatic carbocycles. The number of halogens is 1. The molecule has 21 heavy (non-hydrogen) atoms. The van der Waals surface area contributed by atoms with E-state index < -0.39 is 0 Å². The van der Waals surface area contributed by atoms with Crippen LogP contribution in [-0.2, 0) is 17.8 Å². The van der Waals surface area contributed by atoms with E-state index in [2.05, 4.69) is 5.32 Å². The third-order valence-corrected chi connectivity index (χ3v) is 4.09. The van der Waals surface area contributed by atoms with Crippen LogP contribution in [0, 0.1) is 0 Å². The minimum Gasteiger partial charge on any atom is -0.493 e. The minimum atomic E-state index is -0.221. The van der Waals surface area contributed by atoms with Gasteiger partial charge in [-0.25, -0.2) is 0 Å². The standard InChI is InChI=1S/C16H23ClN2O2/c1-4-19(5-2)16(20)11(3)18-10-13-9-14(17)8-12-6-7-21-15(12)13/h8-9,11,18H,4-7,10H2,1-3H3. The molecule has 1 aliphatic rings. The van der Waals surface area contributed by atoms with Crippen molar-refractivity contribution in [1.29, 1.82) is 0 Å². The molecule has 0 radical (unpaired) electrons. The van der Waals surface area contributed by atoms with Crippen LogP contribution in [-0.4, -0.2) is 36.5 Å². The van der Waals surface area contributed by atoms with Crippen LogP contribution in [0.2, 0.25) is 5.02 Å². The van der Waals surface area contributed by atoms with Gasteiger partial charge in [0.1, 0.15) is 5.75 Å². The Kier molecular flexibility index (Phi) is 5.48. The molecule has 2 rings (SSSR count). The van der Waals surface area contributed by atoms with E-state index in [1.807, 2.05) is 37.8 Å². The highest BCUT2D eigenvalue weighted by Crippen LogP contribution is 2.32. The fourth-order valence-electron chi connectivity index (χ4n) is 2.64. The van der Waals surface area contributed by atoms with Crippen molar-refractivity contribution in [2.75, 3.05) is 19.7 Å². The van der Waals surface area contributed by atoms with Crippen molar-refractivity contribution in [3.63, 3.8) is 0 Å². The van der Waals surface area contributed by atoms with E-state index in [1.165, 1.54) is 0 Å². The molecule has 116 valence electrons. The molecule has 1 atom stereocenters. The maximum absolute atomic E-state index is 12.2. The maximum atomic E-state index is 12.2. The molecule has 0 spiro atoms. The molecule has 0 aromatic heterocycles. The maximum Gasteiger partial charge on any atom is 0.239 e. The van der Waals surface area contributed by atoms with Gasteiger partial charge in [0, 0.05) is 36.6 Å². The van der Waals surface area contributed by atoms with Gasteiger partial charge in [0.2, 0.25) is 5.91 Å². The Bertz CT molecular complexity index is 515. The highest BCUT2D eigenvalue weighted by atomic mass is 35.5. The Morgan fingerprint density at radius 1 is 1.43 bits per heavy atom. The Labute approximate surface area is 131 Å². The monoisotopic (exact) mass is 310 g/mol. The van der Waals surface area contributed by atoms with Crippen LogP contribution < -0.4 is 10.1 Å². The third kappa shape index (κ3) is 3.69. The first-order valence-corrected chi connectivity index (χ1v) is 7.90. The van der Waals surface area contributed by atoms with Crippen molar-refractivity contribution in [2.45, 2.75) is 39.8 Å². The molecular formula is C16H23ClN2O2. The lowest BCUT2D eigenvalue weighted by molar-refractivity contribution is -0.132. The Balaban J connectivity index is 2.02. The molecule has 0 saturated carbocycles. The van der Waals surface area contributed by atoms with E-state index in [9.17, 15) is 4.79 Å². The van der Waals surface area contributed by atoms with Crippen LogP contribution in [0.3, 0.4) is 0 Å². The normalized spacial score (nSPS) is 14.5. The van der Waals surface area contributed by atoms with Crippen molar-refractivity contribution < 1.29 is 9.53 Å². The number of amides is 1. The second kappa shape index (κ2) is 7.14. The summed E-state index contributed by atoms with van der Waals surface area (Å²) in [6, 6.07) is 3.64. The largest absolute Gasteiger partial charge is 0.493 e. The third-order valence-electron chi connectivity index (χ3n) is 3.87. The molecule has 0 fully saturated rings. The van der Waals surface area contributed by atoms with Crippen LogP contribution in [0.25, 0.3) is 0 Å². The Hall–Kier alpha value is -1.26. The van der Waals surface area contributed by atoms with Crippen molar-refractivity contribution >= 4 is 17.5 Å². The quantitative estimate of drug-likeness (QED) is 0.878. The van der Waals surface area contributed by atoms with E-state index in [-0.39, 0.29) is 11.9 Å². The van der Waals surface area contributed by atoms with Gasteiger partial charge in [0.25, 0.3) is 0 Å². The van der Waals surface area contributed by atoms with Crippen LogP contribution >= 0.6 is 11.6 Å². The summed E-state index contributed by atoms with van der Waals surface area (Å²) in [6.07, 6.45) is 0.900. The van der Waals surface area contributed by atoms with Crippen LogP contribution in [0.1, 0.15) is 31.9 Å². The Morgan fingerprint density at radius 2 is 2.14 bits per heavy atom. The molecule has 1 aromatic rings. The predicted octanol–water partition coefficient (Wildman–Crippen LogP) is 2.62. The van der Waals surface area contributed by atoms with Crippen molar-refractivity contribution in [1.82, 2.24) is 10.2 Å². The molecule has 1 unspecified atom stereocenters. The molecule has 1 heterocycles. The van der Waals surface area contributed by atoms with Gasteiger partial charge in [-0.05, 0) is 38.5 Å². The van der Waals surface area contributed by atoms with Gasteiger partial charge in [0.15, 0.2) is 0 Å². The van der Waals surface area contributed by atoms with E-state index in [0.29, 0.717) is 13.2 Å². The molecule has 0 aliphatic carbocycles. The molecule has 1 aliphatic heterocycles. The fraction of sp³-hybridized carbons (Fsp3) is 0.562. The van der Waals surface area contributed by atoms with Crippen LogP contribution in [0.4, 0.5) is 0 Å². The van der Waals surface area contributed by atoms with E-state index in [0.717, 1.165) is 41.4 Å². The molecule has 1 N–H and O–H groups in total. The van der Waals surface area contributed by atoms with Crippen LogP contribution in [0.5, 0.6) is 5.75 Å². The summed E-state index contributed by atoms with van der Waals surface area (Å²) in [7, 11) is 0. The lowest BCUT2D eigenvalue weighted by Gasteiger charge is -2.23. The number of likely N-dealkylation sites (N-methyl/N-ethyl adjacent to an activating group) is 1. The highest BCUT2D eigenvalue weighted by Gasteiger charge is 2.20. The average molecular weight is 311 g/mol. The van der Waals surface area contributed by atoms with Gasteiger partial charge >= 0.3 is 0 Å². The summed E-state index contributed by atoms with van der Waals surface area (Å²) in [6.45, 7) is 8.63. The van der Waals surface area contributed by atoms with Gasteiger partial charge in [-0.15, -0.1) is 0 Å². The molecule has 0 saturated heterocycles. The van der Waals surface area contributed by atoms with E-state index in [1.54, 1.807) is 0 Å². The fourth-order valence-corrected chi connectivity index (χ4v) is 2.90. The lowest BCUT2D eigenvalue weighted by Crippen LogP contribution is -2.44. The minimum absolute atomic E-state index is 0.125. The predicted molar refractivity (Wildman–Crippen MR) is 84.9 cm³/mol. The first-order chi connectivity index (χ1) is 10.1. The number of ether oxygens (including phenoxy) is 1. The number of rotatable bonds is 6. The summed E-state index contributed by atoms with van der Waals surface area (Å²) < 4.78 is 5.67. The number of fused-ring (bicyclic) bond motifs is 1. The molecule has 0 bridgehead atoms. The Morgan fingerprint density at radius 3 is 2.81 bits per heavy atom. The summed E-state index contributed by atoms with van der Waals surface area (Å²) in [5.74, 6) is 1.05. The highest BCUT2D eigenvalue weighted by molar-refractivity contribution is 6.30. The van der Waals surface area contributed by atoms with E-state index in [4.69, 9.17) is 16.3 Å². The second-order valence-corrected chi connectivity index (χ2v) is 5.70.